The number of rotatable bonds is 5. The second kappa shape index (κ2) is 5.73. The summed E-state index contributed by atoms with van der Waals surface area (Å²) in [7, 11) is 1.72. The van der Waals surface area contributed by atoms with Crippen LogP contribution in [0.4, 0.5) is 0 Å². The zero-order chi connectivity index (χ0) is 10.4. The van der Waals surface area contributed by atoms with Crippen LogP contribution in [0.3, 0.4) is 0 Å². The first-order valence-electron chi connectivity index (χ1n) is 4.86. The molecule has 3 heteroatoms. The van der Waals surface area contributed by atoms with Gasteiger partial charge < -0.3 is 10.1 Å². The van der Waals surface area contributed by atoms with E-state index in [2.05, 4.69) is 24.1 Å². The average Bonchev–Trinajstić information content (AvgIpc) is 2.17. The largest absolute Gasteiger partial charge is 0.383 e. The highest BCUT2D eigenvalue weighted by molar-refractivity contribution is 5.21. The van der Waals surface area contributed by atoms with Gasteiger partial charge in [-0.2, -0.15) is 0 Å². The smallest absolute Gasteiger partial charge is 0.0613 e. The van der Waals surface area contributed by atoms with Crippen LogP contribution in [0, 0.1) is 6.92 Å². The van der Waals surface area contributed by atoms with E-state index in [1.807, 2.05) is 18.5 Å². The molecule has 1 aromatic heterocycles. The molecule has 78 valence electrons. The summed E-state index contributed by atoms with van der Waals surface area (Å²) in [4.78, 5) is 4.10. The highest BCUT2D eigenvalue weighted by Gasteiger charge is 2.01. The molecule has 0 amide bonds. The Morgan fingerprint density at radius 2 is 2.36 bits per heavy atom. The lowest BCUT2D eigenvalue weighted by Crippen LogP contribution is -2.29. The fraction of sp³-hybridized carbons (Fsp3) is 0.545. The maximum absolute atomic E-state index is 5.04. The number of nitrogens with zero attached hydrogens (tertiary/aromatic N) is 1. The third kappa shape index (κ3) is 3.44. The number of aromatic nitrogens is 1. The van der Waals surface area contributed by atoms with Crippen molar-refractivity contribution in [1.29, 1.82) is 0 Å². The second-order valence-corrected chi connectivity index (χ2v) is 3.54. The Kier molecular flexibility index (Phi) is 4.56. The topological polar surface area (TPSA) is 34.1 Å². The molecule has 0 aliphatic heterocycles. The van der Waals surface area contributed by atoms with Gasteiger partial charge in [0.05, 0.1) is 6.61 Å². The molecule has 0 aliphatic rings. The molecule has 0 saturated carbocycles. The van der Waals surface area contributed by atoms with E-state index in [9.17, 15) is 0 Å². The first-order valence-corrected chi connectivity index (χ1v) is 4.86. The summed E-state index contributed by atoms with van der Waals surface area (Å²) < 4.78 is 5.04. The van der Waals surface area contributed by atoms with E-state index >= 15 is 0 Å². The molecule has 1 N–H and O–H groups in total. The molecule has 3 nitrogen and oxygen atoms in total. The Labute approximate surface area is 85.5 Å². The third-order valence-electron chi connectivity index (χ3n) is 2.21. The summed E-state index contributed by atoms with van der Waals surface area (Å²) in [5, 5.41) is 3.38. The van der Waals surface area contributed by atoms with E-state index in [0.29, 0.717) is 6.04 Å². The molecular weight excluding hydrogens is 176 g/mol. The van der Waals surface area contributed by atoms with E-state index in [0.717, 1.165) is 13.2 Å². The Balaban J connectivity index is 2.41. The summed E-state index contributed by atoms with van der Waals surface area (Å²) in [6, 6.07) is 2.40. The van der Waals surface area contributed by atoms with E-state index in [-0.39, 0.29) is 0 Å². The number of nitrogens with one attached hydrogen (secondary N) is 1. The molecule has 1 atom stereocenters. The lowest BCUT2D eigenvalue weighted by Gasteiger charge is -2.13. The average molecular weight is 194 g/mol. The van der Waals surface area contributed by atoms with Crippen LogP contribution >= 0.6 is 0 Å². The molecule has 0 aromatic carbocycles. The summed E-state index contributed by atoms with van der Waals surface area (Å²) >= 11 is 0. The minimum Gasteiger partial charge on any atom is -0.383 e. The highest BCUT2D eigenvalue weighted by atomic mass is 16.5. The van der Waals surface area contributed by atoms with Crippen molar-refractivity contribution in [1.82, 2.24) is 10.3 Å². The van der Waals surface area contributed by atoms with Crippen LogP contribution < -0.4 is 5.32 Å². The minimum atomic E-state index is 0.375. The summed E-state index contributed by atoms with van der Waals surface area (Å²) in [5.41, 5.74) is 2.52. The number of aryl methyl sites for hydroxylation is 1. The fourth-order valence-corrected chi connectivity index (χ4v) is 1.27. The number of pyridine rings is 1. The van der Waals surface area contributed by atoms with Crippen LogP contribution in [0.2, 0.25) is 0 Å². The first-order chi connectivity index (χ1) is 6.74. The normalized spacial score (nSPS) is 12.8. The van der Waals surface area contributed by atoms with Gasteiger partial charge in [-0.25, -0.2) is 0 Å². The van der Waals surface area contributed by atoms with Crippen molar-refractivity contribution < 1.29 is 4.74 Å². The van der Waals surface area contributed by atoms with E-state index < -0.39 is 0 Å². The predicted molar refractivity (Wildman–Crippen MR) is 57.2 cm³/mol. The summed E-state index contributed by atoms with van der Waals surface area (Å²) in [6.07, 6.45) is 3.72. The molecule has 1 rings (SSSR count). The van der Waals surface area contributed by atoms with Crippen molar-refractivity contribution in [3.05, 3.63) is 29.6 Å². The molecule has 0 aliphatic carbocycles. The Bertz CT molecular complexity index is 276. The van der Waals surface area contributed by atoms with Crippen molar-refractivity contribution >= 4 is 0 Å². The molecule has 1 unspecified atom stereocenters. The Morgan fingerprint density at radius 1 is 1.57 bits per heavy atom. The van der Waals surface area contributed by atoms with Gasteiger partial charge >= 0.3 is 0 Å². The summed E-state index contributed by atoms with van der Waals surface area (Å²) in [6.45, 7) is 5.79. The Morgan fingerprint density at radius 3 is 3.00 bits per heavy atom. The van der Waals surface area contributed by atoms with Gasteiger partial charge in [0, 0.05) is 32.1 Å². The van der Waals surface area contributed by atoms with Crippen molar-refractivity contribution in [3.63, 3.8) is 0 Å². The molecule has 0 radical (unpaired) electrons. The fourth-order valence-electron chi connectivity index (χ4n) is 1.27. The molecular formula is C11H18N2O. The lowest BCUT2D eigenvalue weighted by atomic mass is 10.1. The number of hydrogen-bond acceptors (Lipinski definition) is 3. The molecule has 0 saturated heterocycles. The standard InChI is InChI=1S/C11H18N2O/c1-9-4-5-12-6-11(9)7-13-10(2)8-14-3/h4-6,10,13H,7-8H2,1-3H3. The quantitative estimate of drug-likeness (QED) is 0.771. The zero-order valence-electron chi connectivity index (χ0n) is 9.08. The van der Waals surface area contributed by atoms with E-state index in [4.69, 9.17) is 4.74 Å². The van der Waals surface area contributed by atoms with Crippen molar-refractivity contribution in [2.75, 3.05) is 13.7 Å². The van der Waals surface area contributed by atoms with Gasteiger partial charge in [0.25, 0.3) is 0 Å². The van der Waals surface area contributed by atoms with Crippen LogP contribution in [-0.2, 0) is 11.3 Å². The highest BCUT2D eigenvalue weighted by Crippen LogP contribution is 2.04. The van der Waals surface area contributed by atoms with Crippen molar-refractivity contribution in [2.45, 2.75) is 26.4 Å². The van der Waals surface area contributed by atoms with E-state index in [1.165, 1.54) is 11.1 Å². The lowest BCUT2D eigenvalue weighted by molar-refractivity contribution is 0.171. The monoisotopic (exact) mass is 194 g/mol. The third-order valence-corrected chi connectivity index (χ3v) is 2.21. The van der Waals surface area contributed by atoms with E-state index in [1.54, 1.807) is 7.11 Å². The van der Waals surface area contributed by atoms with Gasteiger partial charge in [-0.1, -0.05) is 0 Å². The zero-order valence-corrected chi connectivity index (χ0v) is 9.08. The van der Waals surface area contributed by atoms with Crippen LogP contribution in [0.5, 0.6) is 0 Å². The van der Waals surface area contributed by atoms with Crippen LogP contribution in [-0.4, -0.2) is 24.7 Å². The van der Waals surface area contributed by atoms with Crippen molar-refractivity contribution in [3.8, 4) is 0 Å². The maximum atomic E-state index is 5.04. The SMILES string of the molecule is COCC(C)NCc1cnccc1C. The number of methoxy groups -OCH3 is 1. The first kappa shape index (κ1) is 11.1. The van der Waals surface area contributed by atoms with Crippen LogP contribution in [0.25, 0.3) is 0 Å². The van der Waals surface area contributed by atoms with Crippen LogP contribution in [0.1, 0.15) is 18.1 Å². The molecule has 0 fully saturated rings. The van der Waals surface area contributed by atoms with Crippen LogP contribution in [0.15, 0.2) is 18.5 Å². The molecule has 14 heavy (non-hydrogen) atoms. The maximum Gasteiger partial charge on any atom is 0.0613 e. The van der Waals surface area contributed by atoms with Gasteiger partial charge in [-0.05, 0) is 31.0 Å². The molecule has 0 bridgehead atoms. The van der Waals surface area contributed by atoms with Gasteiger partial charge in [-0.15, -0.1) is 0 Å². The molecule has 1 heterocycles. The van der Waals surface area contributed by atoms with Crippen molar-refractivity contribution in [2.24, 2.45) is 0 Å². The van der Waals surface area contributed by atoms with Gasteiger partial charge in [0.15, 0.2) is 0 Å². The number of hydrogen-bond donors (Lipinski definition) is 1. The second-order valence-electron chi connectivity index (χ2n) is 3.54. The summed E-state index contributed by atoms with van der Waals surface area (Å²) in [5.74, 6) is 0. The minimum absolute atomic E-state index is 0.375. The molecule has 1 aromatic rings. The number of ether oxygens (including phenoxy) is 1. The Hall–Kier alpha value is -0.930. The predicted octanol–water partition coefficient (Wildman–Crippen LogP) is 1.51. The van der Waals surface area contributed by atoms with Gasteiger partial charge in [0.1, 0.15) is 0 Å². The van der Waals surface area contributed by atoms with Gasteiger partial charge in [0.2, 0.25) is 0 Å². The van der Waals surface area contributed by atoms with Gasteiger partial charge in [-0.3, -0.25) is 4.98 Å². The molecule has 0 spiro atoms.